The third-order valence-corrected chi connectivity index (χ3v) is 5.15. The van der Waals surface area contributed by atoms with Crippen molar-refractivity contribution < 1.29 is 18.3 Å². The number of nitrogens with one attached hydrogen (secondary N) is 1. The van der Waals surface area contributed by atoms with E-state index in [2.05, 4.69) is 5.32 Å². The lowest BCUT2D eigenvalue weighted by Crippen LogP contribution is -2.24. The van der Waals surface area contributed by atoms with Gasteiger partial charge in [0, 0.05) is 18.2 Å². The molecule has 4 rings (SSSR count). The Morgan fingerprint density at radius 2 is 1.75 bits per heavy atom. The van der Waals surface area contributed by atoms with Crippen LogP contribution in [0.15, 0.2) is 82.0 Å². The summed E-state index contributed by atoms with van der Waals surface area (Å²) in [5.74, 6) is -0.215. The molecule has 0 unspecified atom stereocenters. The van der Waals surface area contributed by atoms with Crippen LogP contribution in [0.1, 0.15) is 34.2 Å². The predicted molar refractivity (Wildman–Crippen MR) is 120 cm³/mol. The molecule has 0 fully saturated rings. The second-order valence-electron chi connectivity index (χ2n) is 7.37. The molecular formula is C26H22FNO4. The molecule has 1 heterocycles. The highest BCUT2D eigenvalue weighted by Crippen LogP contribution is 2.17. The van der Waals surface area contributed by atoms with Gasteiger partial charge in [0.15, 0.2) is 11.2 Å². The van der Waals surface area contributed by atoms with Gasteiger partial charge in [-0.25, -0.2) is 4.39 Å². The summed E-state index contributed by atoms with van der Waals surface area (Å²) in [6, 6.07) is 20.2. The molecule has 0 saturated heterocycles. The normalized spacial score (nSPS) is 10.8. The number of ether oxygens (including phenoxy) is 1. The first-order valence-electron chi connectivity index (χ1n) is 10.3. The van der Waals surface area contributed by atoms with Crippen LogP contribution in [0.2, 0.25) is 0 Å². The van der Waals surface area contributed by atoms with Crippen molar-refractivity contribution in [1.29, 1.82) is 0 Å². The van der Waals surface area contributed by atoms with Crippen molar-refractivity contribution in [2.24, 2.45) is 0 Å². The Morgan fingerprint density at radius 3 is 2.50 bits per heavy atom. The molecule has 0 spiro atoms. The van der Waals surface area contributed by atoms with E-state index in [-0.39, 0.29) is 30.2 Å². The van der Waals surface area contributed by atoms with Gasteiger partial charge in [-0.2, -0.15) is 0 Å². The van der Waals surface area contributed by atoms with Gasteiger partial charge in [0.05, 0.1) is 5.39 Å². The Bertz CT molecular complexity index is 1310. The van der Waals surface area contributed by atoms with Gasteiger partial charge in [-0.3, -0.25) is 9.59 Å². The summed E-state index contributed by atoms with van der Waals surface area (Å²) in [4.78, 5) is 24.9. The third-order valence-electron chi connectivity index (χ3n) is 5.15. The van der Waals surface area contributed by atoms with Crippen molar-refractivity contribution >= 4 is 16.9 Å². The highest BCUT2D eigenvalue weighted by Gasteiger charge is 2.12. The van der Waals surface area contributed by atoms with Gasteiger partial charge in [-0.15, -0.1) is 0 Å². The predicted octanol–water partition coefficient (Wildman–Crippen LogP) is 5.00. The van der Waals surface area contributed by atoms with Gasteiger partial charge in [0.2, 0.25) is 0 Å². The summed E-state index contributed by atoms with van der Waals surface area (Å²) in [7, 11) is 0. The lowest BCUT2D eigenvalue weighted by atomic mass is 10.1. The molecule has 0 aliphatic carbocycles. The molecule has 4 aromatic rings. The van der Waals surface area contributed by atoms with Gasteiger partial charge < -0.3 is 14.5 Å². The summed E-state index contributed by atoms with van der Waals surface area (Å²) in [6.45, 7) is 2.39. The smallest absolute Gasteiger partial charge is 0.287 e. The molecule has 0 atom stereocenters. The summed E-state index contributed by atoms with van der Waals surface area (Å²) >= 11 is 0. The number of benzene rings is 3. The van der Waals surface area contributed by atoms with Crippen molar-refractivity contribution in [2.45, 2.75) is 26.5 Å². The van der Waals surface area contributed by atoms with Crippen LogP contribution in [0.3, 0.4) is 0 Å². The maximum atomic E-state index is 13.7. The minimum absolute atomic E-state index is 0.0309. The number of aryl methyl sites for hydroxylation is 1. The van der Waals surface area contributed by atoms with Crippen LogP contribution in [0.4, 0.5) is 4.39 Å². The van der Waals surface area contributed by atoms with E-state index in [1.165, 1.54) is 12.1 Å². The van der Waals surface area contributed by atoms with E-state index in [9.17, 15) is 14.0 Å². The topological polar surface area (TPSA) is 68.5 Å². The van der Waals surface area contributed by atoms with Crippen LogP contribution in [0.5, 0.6) is 5.75 Å². The summed E-state index contributed by atoms with van der Waals surface area (Å²) < 4.78 is 24.9. The minimum atomic E-state index is -0.469. The lowest BCUT2D eigenvalue weighted by Gasteiger charge is -2.09. The van der Waals surface area contributed by atoms with Crippen molar-refractivity contribution in [3.05, 3.63) is 111 Å². The number of fused-ring (bicyclic) bond motifs is 1. The zero-order chi connectivity index (χ0) is 22.5. The van der Waals surface area contributed by atoms with E-state index >= 15 is 0 Å². The first-order valence-corrected chi connectivity index (χ1v) is 10.3. The fourth-order valence-electron chi connectivity index (χ4n) is 3.28. The lowest BCUT2D eigenvalue weighted by molar-refractivity contribution is 0.0923. The van der Waals surface area contributed by atoms with Gasteiger partial charge in [-0.1, -0.05) is 43.3 Å². The average Bonchev–Trinajstić information content (AvgIpc) is 2.82. The van der Waals surface area contributed by atoms with Crippen LogP contribution < -0.4 is 15.5 Å². The fraction of sp³-hybridized carbons (Fsp3) is 0.154. The van der Waals surface area contributed by atoms with Crippen LogP contribution in [-0.2, 0) is 19.6 Å². The fourth-order valence-corrected chi connectivity index (χ4v) is 3.28. The summed E-state index contributed by atoms with van der Waals surface area (Å²) in [5, 5.41) is 3.22. The molecule has 0 aliphatic rings. The number of amides is 1. The molecule has 0 aliphatic heterocycles. The zero-order valence-corrected chi connectivity index (χ0v) is 17.6. The number of carbonyl (C=O) groups excluding carboxylic acids is 1. The molecule has 1 N–H and O–H groups in total. The van der Waals surface area contributed by atoms with Crippen molar-refractivity contribution in [3.8, 4) is 5.75 Å². The highest BCUT2D eigenvalue weighted by molar-refractivity contribution is 5.93. The molecule has 0 radical (unpaired) electrons. The molecule has 1 amide bonds. The first kappa shape index (κ1) is 21.3. The Morgan fingerprint density at radius 1 is 1.00 bits per heavy atom. The van der Waals surface area contributed by atoms with Crippen molar-refractivity contribution in [1.82, 2.24) is 5.32 Å². The molecule has 0 saturated carbocycles. The number of hydrogen-bond acceptors (Lipinski definition) is 4. The zero-order valence-electron chi connectivity index (χ0n) is 17.6. The molecule has 1 aromatic heterocycles. The van der Waals surface area contributed by atoms with Crippen molar-refractivity contribution in [2.75, 3.05) is 0 Å². The Balaban J connectivity index is 1.37. The van der Waals surface area contributed by atoms with E-state index in [1.54, 1.807) is 54.6 Å². The molecular weight excluding hydrogens is 409 g/mol. The van der Waals surface area contributed by atoms with E-state index in [1.807, 2.05) is 13.0 Å². The van der Waals surface area contributed by atoms with E-state index in [0.29, 0.717) is 22.3 Å². The Kier molecular flexibility index (Phi) is 6.31. The highest BCUT2D eigenvalue weighted by atomic mass is 19.1. The molecule has 32 heavy (non-hydrogen) atoms. The van der Waals surface area contributed by atoms with Gasteiger partial charge >= 0.3 is 0 Å². The number of halogens is 1. The number of carbonyl (C=O) groups is 1. The van der Waals surface area contributed by atoms with Gasteiger partial charge in [0.1, 0.15) is 23.8 Å². The monoisotopic (exact) mass is 431 g/mol. The Hall–Kier alpha value is -3.93. The maximum Gasteiger partial charge on any atom is 0.287 e. The van der Waals surface area contributed by atoms with Gasteiger partial charge in [-0.05, 0) is 47.9 Å². The van der Waals surface area contributed by atoms with Crippen LogP contribution >= 0.6 is 0 Å². The molecule has 5 nitrogen and oxygen atoms in total. The maximum absolute atomic E-state index is 13.7. The number of rotatable bonds is 7. The quantitative estimate of drug-likeness (QED) is 0.447. The number of hydrogen-bond donors (Lipinski definition) is 1. The molecule has 162 valence electrons. The van der Waals surface area contributed by atoms with E-state index in [0.717, 1.165) is 17.5 Å². The molecule has 6 heteroatoms. The van der Waals surface area contributed by atoms with Crippen LogP contribution in [0.25, 0.3) is 11.0 Å². The van der Waals surface area contributed by atoms with Crippen molar-refractivity contribution in [3.63, 3.8) is 0 Å². The van der Waals surface area contributed by atoms with Gasteiger partial charge in [0.25, 0.3) is 5.91 Å². The largest absolute Gasteiger partial charge is 0.489 e. The minimum Gasteiger partial charge on any atom is -0.489 e. The second kappa shape index (κ2) is 9.47. The molecule has 0 bridgehead atoms. The van der Waals surface area contributed by atoms with E-state index < -0.39 is 5.91 Å². The second-order valence-corrected chi connectivity index (χ2v) is 7.37. The Labute approximate surface area is 184 Å². The third kappa shape index (κ3) is 4.86. The molecule has 3 aromatic carbocycles. The van der Waals surface area contributed by atoms with E-state index in [4.69, 9.17) is 9.15 Å². The SMILES string of the molecule is CCc1ccc2oc(C(=O)NCc3ccc(OCc4ccccc4F)cc3)cc(=O)c2c1. The average molecular weight is 431 g/mol. The summed E-state index contributed by atoms with van der Waals surface area (Å²) in [6.07, 6.45) is 0.810. The van der Waals surface area contributed by atoms with Crippen LogP contribution in [0, 0.1) is 5.82 Å². The standard InChI is InChI=1S/C26H22FNO4/c1-2-17-9-12-24-21(13-17)23(29)14-25(32-24)26(30)28-15-18-7-10-20(11-8-18)31-16-19-5-3-4-6-22(19)27/h3-14H,2,15-16H2,1H3,(H,28,30). The van der Waals surface area contributed by atoms with Crippen LogP contribution in [-0.4, -0.2) is 5.91 Å². The first-order chi connectivity index (χ1) is 15.5. The summed E-state index contributed by atoms with van der Waals surface area (Å²) in [5.41, 5.74) is 2.49.